The van der Waals surface area contributed by atoms with E-state index in [1.807, 2.05) is 0 Å². The molecule has 1 aromatic carbocycles. The second-order valence-corrected chi connectivity index (χ2v) is 9.11. The Labute approximate surface area is 169 Å². The molecule has 0 aliphatic rings. The number of hydrogen-bond acceptors (Lipinski definition) is 5. The van der Waals surface area contributed by atoms with Crippen molar-refractivity contribution < 1.29 is 17.2 Å². The van der Waals surface area contributed by atoms with E-state index in [4.69, 9.17) is 0 Å². The summed E-state index contributed by atoms with van der Waals surface area (Å²) in [5.74, 6) is -1.31. The maximum atomic E-state index is 14.6. The van der Waals surface area contributed by atoms with Gasteiger partial charge in [-0.2, -0.15) is 0 Å². The van der Waals surface area contributed by atoms with Gasteiger partial charge in [0.15, 0.2) is 20.7 Å². The molecular formula is C19H16BrF2N3O2S. The Morgan fingerprint density at radius 1 is 1.11 bits per heavy atom. The Bertz CT molecular complexity index is 1150. The Morgan fingerprint density at radius 3 is 2.54 bits per heavy atom. The van der Waals surface area contributed by atoms with Crippen LogP contribution in [0.15, 0.2) is 52.4 Å². The maximum absolute atomic E-state index is 14.6. The molecular weight excluding hydrogens is 452 g/mol. The topological polar surface area (TPSA) is 72.0 Å². The van der Waals surface area contributed by atoms with E-state index in [-0.39, 0.29) is 17.7 Å². The monoisotopic (exact) mass is 467 g/mol. The first-order chi connectivity index (χ1) is 13.2. The van der Waals surface area contributed by atoms with E-state index in [0.29, 0.717) is 15.7 Å². The zero-order valence-corrected chi connectivity index (χ0v) is 17.4. The lowest BCUT2D eigenvalue weighted by atomic mass is 10.0. The van der Waals surface area contributed by atoms with E-state index >= 15 is 0 Å². The number of rotatable bonds is 5. The Kier molecular flexibility index (Phi) is 5.76. The van der Waals surface area contributed by atoms with Crippen molar-refractivity contribution in [3.05, 3.63) is 75.7 Å². The average Bonchev–Trinajstić information content (AvgIpc) is 2.61. The number of anilines is 2. The molecule has 2 aromatic heterocycles. The molecule has 0 fully saturated rings. The molecule has 0 unspecified atom stereocenters. The fraction of sp³-hybridized carbons (Fsp3) is 0.158. The Hall–Kier alpha value is -2.39. The van der Waals surface area contributed by atoms with Gasteiger partial charge in [0.25, 0.3) is 0 Å². The van der Waals surface area contributed by atoms with E-state index in [0.717, 1.165) is 11.8 Å². The minimum Gasteiger partial charge on any atom is -0.352 e. The van der Waals surface area contributed by atoms with E-state index in [2.05, 4.69) is 31.2 Å². The van der Waals surface area contributed by atoms with Crippen LogP contribution >= 0.6 is 15.9 Å². The molecule has 28 heavy (non-hydrogen) atoms. The second-order valence-electron chi connectivity index (χ2n) is 6.26. The van der Waals surface area contributed by atoms with Crippen LogP contribution in [0.5, 0.6) is 0 Å². The van der Waals surface area contributed by atoms with Gasteiger partial charge in [-0.25, -0.2) is 22.2 Å². The molecule has 0 saturated carbocycles. The molecule has 0 atom stereocenters. The van der Waals surface area contributed by atoms with Gasteiger partial charge in [0, 0.05) is 29.5 Å². The number of sulfone groups is 1. The quantitative estimate of drug-likeness (QED) is 0.595. The third kappa shape index (κ3) is 4.36. The number of aromatic nitrogens is 2. The van der Waals surface area contributed by atoms with Crippen molar-refractivity contribution in [3.63, 3.8) is 0 Å². The largest absolute Gasteiger partial charge is 0.352 e. The zero-order chi connectivity index (χ0) is 20.5. The number of benzene rings is 1. The molecule has 0 radical (unpaired) electrons. The van der Waals surface area contributed by atoms with Crippen LogP contribution in [0.3, 0.4) is 0 Å². The molecule has 146 valence electrons. The molecule has 0 spiro atoms. The Morgan fingerprint density at radius 2 is 1.86 bits per heavy atom. The van der Waals surface area contributed by atoms with Gasteiger partial charge in [-0.1, -0.05) is 15.9 Å². The van der Waals surface area contributed by atoms with Gasteiger partial charge in [0.2, 0.25) is 0 Å². The fourth-order valence-corrected chi connectivity index (χ4v) is 3.71. The predicted molar refractivity (Wildman–Crippen MR) is 106 cm³/mol. The minimum atomic E-state index is -3.78. The van der Waals surface area contributed by atoms with Gasteiger partial charge in [0.05, 0.1) is 17.6 Å². The maximum Gasteiger partial charge on any atom is 0.195 e. The lowest BCUT2D eigenvalue weighted by Gasteiger charge is -2.14. The lowest BCUT2D eigenvalue weighted by Crippen LogP contribution is -2.08. The third-order valence-corrected chi connectivity index (χ3v) is 5.67. The standard InChI is InChI=1S/C19H16BrF2N3O2S/c1-11-13(7-12-5-6-24-19(18(12)22)28(2,26)27)9-23-10-17(11)25-16-4-3-14(20)8-15(16)21/h3-6,8-10,25H,7H2,1-2H3. The lowest BCUT2D eigenvalue weighted by molar-refractivity contribution is 0.548. The van der Waals surface area contributed by atoms with Gasteiger partial charge < -0.3 is 5.32 Å². The van der Waals surface area contributed by atoms with Gasteiger partial charge >= 0.3 is 0 Å². The molecule has 0 aliphatic carbocycles. The SMILES string of the molecule is Cc1c(Cc2ccnc(S(C)(=O)=O)c2F)cncc1Nc1ccc(Br)cc1F. The summed E-state index contributed by atoms with van der Waals surface area (Å²) in [6, 6.07) is 6.06. The van der Waals surface area contributed by atoms with Crippen molar-refractivity contribution in [1.82, 2.24) is 9.97 Å². The van der Waals surface area contributed by atoms with E-state index in [9.17, 15) is 17.2 Å². The van der Waals surface area contributed by atoms with Gasteiger partial charge in [-0.05, 0) is 47.9 Å². The predicted octanol–water partition coefficient (Wildman–Crippen LogP) is 4.56. The van der Waals surface area contributed by atoms with Crippen molar-refractivity contribution in [2.24, 2.45) is 0 Å². The fourth-order valence-electron chi connectivity index (χ4n) is 2.67. The molecule has 0 amide bonds. The summed E-state index contributed by atoms with van der Waals surface area (Å²) in [6.45, 7) is 1.80. The number of nitrogens with one attached hydrogen (secondary N) is 1. The molecule has 0 aliphatic heterocycles. The highest BCUT2D eigenvalue weighted by molar-refractivity contribution is 9.10. The van der Waals surface area contributed by atoms with Gasteiger partial charge in [-0.3, -0.25) is 4.98 Å². The van der Waals surface area contributed by atoms with E-state index in [1.54, 1.807) is 31.5 Å². The molecule has 0 saturated heterocycles. The van der Waals surface area contributed by atoms with E-state index < -0.39 is 26.5 Å². The average molecular weight is 468 g/mol. The number of halogens is 3. The minimum absolute atomic E-state index is 0.119. The normalized spacial score (nSPS) is 11.5. The van der Waals surface area contributed by atoms with Crippen LogP contribution in [-0.4, -0.2) is 24.6 Å². The summed E-state index contributed by atoms with van der Waals surface area (Å²) < 4.78 is 52.7. The molecule has 2 heterocycles. The molecule has 1 N–H and O–H groups in total. The molecule has 0 bridgehead atoms. The summed E-state index contributed by atoms with van der Waals surface area (Å²) in [5, 5.41) is 2.40. The van der Waals surface area contributed by atoms with Crippen molar-refractivity contribution >= 4 is 37.1 Å². The Balaban J connectivity index is 1.94. The first kappa shape index (κ1) is 20.3. The van der Waals surface area contributed by atoms with Crippen molar-refractivity contribution in [1.29, 1.82) is 0 Å². The number of hydrogen-bond donors (Lipinski definition) is 1. The van der Waals surface area contributed by atoms with Crippen LogP contribution in [0.4, 0.5) is 20.2 Å². The highest BCUT2D eigenvalue weighted by Gasteiger charge is 2.19. The van der Waals surface area contributed by atoms with Crippen molar-refractivity contribution in [2.75, 3.05) is 11.6 Å². The van der Waals surface area contributed by atoms with Gasteiger partial charge in [-0.15, -0.1) is 0 Å². The highest BCUT2D eigenvalue weighted by Crippen LogP contribution is 2.27. The second kappa shape index (κ2) is 7.92. The van der Waals surface area contributed by atoms with Crippen LogP contribution in [0.2, 0.25) is 0 Å². The zero-order valence-electron chi connectivity index (χ0n) is 15.0. The summed E-state index contributed by atoms with van der Waals surface area (Å²) in [5.41, 5.74) is 2.45. The molecule has 5 nitrogen and oxygen atoms in total. The van der Waals surface area contributed by atoms with E-state index in [1.165, 1.54) is 18.3 Å². The first-order valence-corrected chi connectivity index (χ1v) is 10.8. The first-order valence-electron chi connectivity index (χ1n) is 8.16. The van der Waals surface area contributed by atoms with Crippen LogP contribution in [-0.2, 0) is 16.3 Å². The summed E-state index contributed by atoms with van der Waals surface area (Å²) in [6.07, 6.45) is 5.40. The number of nitrogens with zero attached hydrogens (tertiary/aromatic N) is 2. The van der Waals surface area contributed by atoms with Crippen molar-refractivity contribution in [3.8, 4) is 0 Å². The third-order valence-electron chi connectivity index (χ3n) is 4.19. The summed E-state index contributed by atoms with van der Waals surface area (Å²) in [4.78, 5) is 7.76. The highest BCUT2D eigenvalue weighted by atomic mass is 79.9. The smallest absolute Gasteiger partial charge is 0.195 e. The summed E-state index contributed by atoms with van der Waals surface area (Å²) in [7, 11) is -3.78. The summed E-state index contributed by atoms with van der Waals surface area (Å²) >= 11 is 3.21. The van der Waals surface area contributed by atoms with Crippen LogP contribution < -0.4 is 5.32 Å². The van der Waals surface area contributed by atoms with Crippen LogP contribution in [0, 0.1) is 18.6 Å². The molecule has 3 aromatic rings. The van der Waals surface area contributed by atoms with Crippen LogP contribution in [0.1, 0.15) is 16.7 Å². The molecule has 9 heteroatoms. The molecule has 3 rings (SSSR count). The van der Waals surface area contributed by atoms with Gasteiger partial charge in [0.1, 0.15) is 5.82 Å². The van der Waals surface area contributed by atoms with Crippen LogP contribution in [0.25, 0.3) is 0 Å². The van der Waals surface area contributed by atoms with Crippen molar-refractivity contribution in [2.45, 2.75) is 18.4 Å². The number of pyridine rings is 2.